The van der Waals surface area contributed by atoms with Crippen LogP contribution in [0.5, 0.6) is 5.75 Å². The number of aromatic amines is 1. The molecule has 2 aromatic heterocycles. The zero-order valence-electron chi connectivity index (χ0n) is 26.3. The van der Waals surface area contributed by atoms with E-state index in [-0.39, 0.29) is 29.5 Å². The van der Waals surface area contributed by atoms with Crippen molar-refractivity contribution in [3.63, 3.8) is 0 Å². The minimum Gasteiger partial charge on any atom is -0.493 e. The third kappa shape index (κ3) is 7.87. The summed E-state index contributed by atoms with van der Waals surface area (Å²) in [6.07, 6.45) is 5.24. The van der Waals surface area contributed by atoms with E-state index in [2.05, 4.69) is 16.8 Å². The molecule has 3 heterocycles. The third-order valence-electron chi connectivity index (χ3n) is 7.53. The monoisotopic (exact) mass is 631 g/mol. The lowest BCUT2D eigenvalue weighted by atomic mass is 10.1. The van der Waals surface area contributed by atoms with Gasteiger partial charge in [0.2, 0.25) is 10.0 Å². The second-order valence-electron chi connectivity index (χ2n) is 10.8. The summed E-state index contributed by atoms with van der Waals surface area (Å²) in [6.45, 7) is 11.9. The molecule has 44 heavy (non-hydrogen) atoms. The number of hydrogen-bond acceptors (Lipinski definition) is 9. The van der Waals surface area contributed by atoms with Crippen LogP contribution in [0, 0.1) is 0 Å². The zero-order chi connectivity index (χ0) is 31.7. The standard InChI is InChI=1S/C31H45N5O7S/c1-5-9-23-21-35(8-4)29-28(23)32-30(33-31(29)38)25-20-24(10-11-26(25)42-18-7-3)44(39,40)36-14-12-34(13-15-36)16-19-43-27(37)22-41-17-6-2/h10-11,20-21H,5-9,12-19,22H2,1-4H3,(H,32,33,38). The number of piperazine rings is 1. The average molecular weight is 632 g/mol. The maximum absolute atomic E-state index is 13.8. The first kappa shape index (κ1) is 33.6. The van der Waals surface area contributed by atoms with Gasteiger partial charge in [0.05, 0.1) is 22.6 Å². The Morgan fingerprint density at radius 3 is 2.43 bits per heavy atom. The van der Waals surface area contributed by atoms with Gasteiger partial charge in [-0.15, -0.1) is 0 Å². The van der Waals surface area contributed by atoms with Gasteiger partial charge in [-0.2, -0.15) is 4.31 Å². The quantitative estimate of drug-likeness (QED) is 0.186. The number of esters is 1. The maximum atomic E-state index is 13.8. The van der Waals surface area contributed by atoms with Crippen LogP contribution in [0.1, 0.15) is 52.5 Å². The van der Waals surface area contributed by atoms with Gasteiger partial charge < -0.3 is 23.8 Å². The molecule has 0 saturated carbocycles. The molecule has 1 fully saturated rings. The van der Waals surface area contributed by atoms with Gasteiger partial charge in [-0.3, -0.25) is 9.69 Å². The number of sulfonamides is 1. The second kappa shape index (κ2) is 15.6. The summed E-state index contributed by atoms with van der Waals surface area (Å²) in [4.78, 5) is 35.0. The highest BCUT2D eigenvalue weighted by atomic mass is 32.2. The number of hydrogen-bond donors (Lipinski definition) is 1. The van der Waals surface area contributed by atoms with Gasteiger partial charge in [0.1, 0.15) is 30.3 Å². The fourth-order valence-corrected chi connectivity index (χ4v) is 6.71. The van der Waals surface area contributed by atoms with Gasteiger partial charge in [0, 0.05) is 52.1 Å². The fraction of sp³-hybridized carbons (Fsp3) is 0.581. The molecule has 242 valence electrons. The van der Waals surface area contributed by atoms with Gasteiger partial charge in [0.15, 0.2) is 0 Å². The minimum atomic E-state index is -3.84. The van der Waals surface area contributed by atoms with Crippen LogP contribution >= 0.6 is 0 Å². The first-order valence-electron chi connectivity index (χ1n) is 15.6. The number of nitrogens with one attached hydrogen (secondary N) is 1. The van der Waals surface area contributed by atoms with Gasteiger partial charge in [0.25, 0.3) is 5.56 Å². The van der Waals surface area contributed by atoms with Crippen LogP contribution in [0.3, 0.4) is 0 Å². The van der Waals surface area contributed by atoms with E-state index in [1.54, 1.807) is 18.2 Å². The summed E-state index contributed by atoms with van der Waals surface area (Å²) in [6, 6.07) is 4.73. The zero-order valence-corrected chi connectivity index (χ0v) is 27.1. The van der Waals surface area contributed by atoms with Gasteiger partial charge in [-0.1, -0.05) is 27.2 Å². The number of carbonyl (C=O) groups excluding carboxylic acids is 1. The predicted octanol–water partition coefficient (Wildman–Crippen LogP) is 3.43. The van der Waals surface area contributed by atoms with Gasteiger partial charge in [-0.25, -0.2) is 18.2 Å². The SMILES string of the molecule is CCCOCC(=O)OCCN1CCN(S(=O)(=O)c2ccc(OCCC)c(-c3nc4c(CCC)cn(CC)c4c(=O)[nH]3)c2)CC1. The van der Waals surface area contributed by atoms with E-state index < -0.39 is 16.0 Å². The van der Waals surface area contributed by atoms with Crippen LogP contribution in [-0.2, 0) is 37.3 Å². The summed E-state index contributed by atoms with van der Waals surface area (Å²) >= 11 is 0. The maximum Gasteiger partial charge on any atom is 0.332 e. The van der Waals surface area contributed by atoms with Crippen molar-refractivity contribution in [1.82, 2.24) is 23.7 Å². The van der Waals surface area contributed by atoms with Crippen LogP contribution in [0.25, 0.3) is 22.4 Å². The summed E-state index contributed by atoms with van der Waals surface area (Å²) < 4.78 is 47.3. The van der Waals surface area contributed by atoms with E-state index in [0.717, 1.165) is 31.2 Å². The molecule has 1 saturated heterocycles. The smallest absolute Gasteiger partial charge is 0.332 e. The Morgan fingerprint density at radius 2 is 1.75 bits per heavy atom. The molecule has 1 N–H and O–H groups in total. The second-order valence-corrected chi connectivity index (χ2v) is 12.8. The highest BCUT2D eigenvalue weighted by Crippen LogP contribution is 2.33. The first-order valence-corrected chi connectivity index (χ1v) is 17.0. The number of fused-ring (bicyclic) bond motifs is 1. The fourth-order valence-electron chi connectivity index (χ4n) is 5.27. The molecule has 0 amide bonds. The lowest BCUT2D eigenvalue weighted by molar-refractivity contribution is -0.149. The Balaban J connectivity index is 1.54. The average Bonchev–Trinajstić information content (AvgIpc) is 3.38. The number of ether oxygens (including phenoxy) is 3. The Bertz CT molecular complexity index is 1580. The molecule has 1 aliphatic rings. The summed E-state index contributed by atoms with van der Waals surface area (Å²) in [7, 11) is -3.84. The van der Waals surface area contributed by atoms with Crippen LogP contribution in [0.4, 0.5) is 0 Å². The highest BCUT2D eigenvalue weighted by Gasteiger charge is 2.30. The molecule has 1 aromatic carbocycles. The van der Waals surface area contributed by atoms with Crippen molar-refractivity contribution in [3.05, 3.63) is 40.3 Å². The molecule has 12 nitrogen and oxygen atoms in total. The van der Waals surface area contributed by atoms with E-state index >= 15 is 0 Å². The molecule has 0 bridgehead atoms. The molecule has 0 spiro atoms. The topological polar surface area (TPSA) is 136 Å². The van der Waals surface area contributed by atoms with Crippen molar-refractivity contribution in [2.75, 3.05) is 59.2 Å². The Morgan fingerprint density at radius 1 is 1.00 bits per heavy atom. The largest absolute Gasteiger partial charge is 0.493 e. The van der Waals surface area contributed by atoms with Crippen LogP contribution in [0.15, 0.2) is 34.1 Å². The van der Waals surface area contributed by atoms with Crippen molar-refractivity contribution in [1.29, 1.82) is 0 Å². The third-order valence-corrected chi connectivity index (χ3v) is 9.43. The number of aryl methyl sites for hydroxylation is 2. The molecule has 0 radical (unpaired) electrons. The van der Waals surface area contributed by atoms with E-state index in [9.17, 15) is 18.0 Å². The number of aromatic nitrogens is 3. The van der Waals surface area contributed by atoms with E-state index in [4.69, 9.17) is 19.2 Å². The number of benzene rings is 1. The molecule has 13 heteroatoms. The molecule has 3 aromatic rings. The molecule has 1 aliphatic heterocycles. The van der Waals surface area contributed by atoms with Crippen molar-refractivity contribution in [2.45, 2.75) is 64.8 Å². The molecule has 0 atom stereocenters. The van der Waals surface area contributed by atoms with Crippen LogP contribution in [0.2, 0.25) is 0 Å². The predicted molar refractivity (Wildman–Crippen MR) is 169 cm³/mol. The lowest BCUT2D eigenvalue weighted by Crippen LogP contribution is -2.49. The van der Waals surface area contributed by atoms with Crippen molar-refractivity contribution < 1.29 is 27.4 Å². The Hall–Kier alpha value is -3.26. The van der Waals surface area contributed by atoms with Gasteiger partial charge in [-0.05, 0) is 49.9 Å². The van der Waals surface area contributed by atoms with Crippen molar-refractivity contribution in [2.24, 2.45) is 0 Å². The number of rotatable bonds is 16. The molecule has 4 rings (SSSR count). The summed E-state index contributed by atoms with van der Waals surface area (Å²) in [5, 5.41) is 0. The van der Waals surface area contributed by atoms with E-state index in [1.165, 1.54) is 4.31 Å². The summed E-state index contributed by atoms with van der Waals surface area (Å²) in [5.41, 5.74) is 2.26. The van der Waals surface area contributed by atoms with Crippen molar-refractivity contribution >= 4 is 27.0 Å². The molecule has 0 unspecified atom stereocenters. The Kier molecular flexibility index (Phi) is 12.0. The number of carbonyl (C=O) groups is 1. The van der Waals surface area contributed by atoms with E-state index in [1.807, 2.05) is 31.5 Å². The van der Waals surface area contributed by atoms with Crippen LogP contribution in [-0.4, -0.2) is 97.3 Å². The molecular weight excluding hydrogens is 586 g/mol. The Labute approximate surface area is 259 Å². The minimum absolute atomic E-state index is 0.0627. The molecular formula is C31H45N5O7S. The highest BCUT2D eigenvalue weighted by molar-refractivity contribution is 7.89. The van der Waals surface area contributed by atoms with E-state index in [0.29, 0.717) is 74.8 Å². The number of H-pyrrole nitrogens is 1. The van der Waals surface area contributed by atoms with Gasteiger partial charge >= 0.3 is 5.97 Å². The van der Waals surface area contributed by atoms with Crippen molar-refractivity contribution in [3.8, 4) is 17.1 Å². The number of nitrogens with zero attached hydrogens (tertiary/aromatic N) is 4. The lowest BCUT2D eigenvalue weighted by Gasteiger charge is -2.33. The van der Waals surface area contributed by atoms with Crippen LogP contribution < -0.4 is 10.3 Å². The first-order chi connectivity index (χ1) is 21.2. The molecule has 0 aliphatic carbocycles. The normalized spacial score (nSPS) is 14.7. The summed E-state index contributed by atoms with van der Waals surface area (Å²) in [5.74, 6) is 0.331.